The summed E-state index contributed by atoms with van der Waals surface area (Å²) in [6.07, 6.45) is 9.37. The van der Waals surface area contributed by atoms with E-state index in [9.17, 15) is 19.5 Å². The van der Waals surface area contributed by atoms with Crippen molar-refractivity contribution in [3.63, 3.8) is 0 Å². The van der Waals surface area contributed by atoms with Crippen LogP contribution >= 0.6 is 0 Å². The van der Waals surface area contributed by atoms with Crippen LogP contribution in [0.4, 0.5) is 22.7 Å². The lowest BCUT2D eigenvalue weighted by Crippen LogP contribution is -2.30. The summed E-state index contributed by atoms with van der Waals surface area (Å²) in [4.78, 5) is 54.9. The number of hydrogen-bond acceptors (Lipinski definition) is 9. The Morgan fingerprint density at radius 1 is 0.683 bits per heavy atom. The molecular formula is C47H51N7O6. The van der Waals surface area contributed by atoms with Crippen LogP contribution in [0, 0.1) is 10.8 Å². The van der Waals surface area contributed by atoms with Crippen LogP contribution in [0.25, 0.3) is 22.5 Å². The molecule has 4 aromatic heterocycles. The number of anilines is 4. The number of primary amides is 1. The van der Waals surface area contributed by atoms with Gasteiger partial charge in [0.25, 0.3) is 6.47 Å². The third-order valence-corrected chi connectivity index (χ3v) is 10.5. The molecule has 0 atom stereocenters. The molecule has 6 N–H and O–H groups in total. The monoisotopic (exact) mass is 809 g/mol. The number of para-hydroxylation sites is 2. The number of Topliss-reactive ketones (excluding diaryl/α,β-unsaturated/α-hetero) is 2. The van der Waals surface area contributed by atoms with Crippen molar-refractivity contribution >= 4 is 46.7 Å². The second kappa shape index (κ2) is 18.4. The summed E-state index contributed by atoms with van der Waals surface area (Å²) in [5.74, 6) is -0.218. The second-order valence-electron chi connectivity index (χ2n) is 16.5. The largest absolute Gasteiger partial charge is 0.483 e. The van der Waals surface area contributed by atoms with Gasteiger partial charge >= 0.3 is 0 Å². The number of nitrogens with one attached hydrogen (secondary N) is 2. The minimum atomic E-state index is -0.444. The van der Waals surface area contributed by atoms with Crippen LogP contribution in [0.3, 0.4) is 0 Å². The standard InChI is InChI=1S/C23H24N4O2.C23H25N3O2.CH2O2/c1-23(2)12-17-20(18(28)13-23)21(26-16-6-4-3-5-7-16)22(27(17)14-19(24)29)15-8-10-25-11-9-15;1-23(2)14-18-20(19(28)15-23)21(25-17-6-4-3-5-7-17)22(26(18)12-13-27)16-8-10-24-11-9-16;2-1-3/h3-11,26H,12-14H2,1-2H3,(H2,24,29);3-11,25,27H,12-15H2,1-2H3;1H,(H,2,3). The summed E-state index contributed by atoms with van der Waals surface area (Å²) >= 11 is 0. The molecule has 13 heteroatoms. The maximum Gasteiger partial charge on any atom is 0.290 e. The van der Waals surface area contributed by atoms with Crippen molar-refractivity contribution in [2.75, 3.05) is 17.2 Å². The number of pyridine rings is 2. The SMILES string of the molecule is CC1(C)CC(=O)c2c(Nc3ccccc3)c(-c3ccncc3)n(CC(N)=O)c2C1.CC1(C)CC(=O)c2c(Nc3ccccc3)c(-c3ccncc3)n(CCO)c2C1.O=CO. The maximum atomic E-state index is 13.2. The normalized spacial score (nSPS) is 14.6. The van der Waals surface area contributed by atoms with E-state index in [2.05, 4.69) is 52.9 Å². The Morgan fingerprint density at radius 2 is 1.07 bits per heavy atom. The van der Waals surface area contributed by atoms with Gasteiger partial charge in [-0.3, -0.25) is 29.1 Å². The Bertz CT molecular complexity index is 2460. The van der Waals surface area contributed by atoms with Gasteiger partial charge in [-0.25, -0.2) is 0 Å². The van der Waals surface area contributed by atoms with E-state index in [0.717, 1.165) is 68.6 Å². The molecule has 0 saturated carbocycles. The Hall–Kier alpha value is -6.86. The molecule has 0 saturated heterocycles. The minimum absolute atomic E-state index is 0.0125. The summed E-state index contributed by atoms with van der Waals surface area (Å²) in [7, 11) is 0. The molecule has 4 heterocycles. The molecule has 0 fully saturated rings. The molecule has 0 spiro atoms. The van der Waals surface area contributed by atoms with Crippen molar-refractivity contribution in [2.24, 2.45) is 16.6 Å². The van der Waals surface area contributed by atoms with Gasteiger partial charge in [0.15, 0.2) is 11.6 Å². The van der Waals surface area contributed by atoms with Crippen molar-refractivity contribution < 1.29 is 29.4 Å². The number of fused-ring (bicyclic) bond motifs is 2. The number of nitrogens with zero attached hydrogens (tertiary/aromatic N) is 4. The number of hydrogen-bond donors (Lipinski definition) is 5. The number of carbonyl (C=O) groups is 4. The van der Waals surface area contributed by atoms with Gasteiger partial charge in [-0.15, -0.1) is 0 Å². The quantitative estimate of drug-likeness (QED) is 0.0845. The van der Waals surface area contributed by atoms with Crippen LogP contribution in [0.15, 0.2) is 110 Å². The average molecular weight is 810 g/mol. The number of rotatable bonds is 10. The maximum absolute atomic E-state index is 13.2. The first-order valence-electron chi connectivity index (χ1n) is 19.8. The van der Waals surface area contributed by atoms with Gasteiger partial charge in [0.05, 0.1) is 40.5 Å². The van der Waals surface area contributed by atoms with E-state index in [1.54, 1.807) is 24.8 Å². The number of ketones is 2. The van der Waals surface area contributed by atoms with Gasteiger partial charge in [-0.2, -0.15) is 0 Å². The van der Waals surface area contributed by atoms with Crippen molar-refractivity contribution in [3.05, 3.63) is 132 Å². The zero-order valence-electron chi connectivity index (χ0n) is 34.3. The molecule has 0 aliphatic heterocycles. The molecule has 6 aromatic rings. The van der Waals surface area contributed by atoms with E-state index < -0.39 is 5.91 Å². The number of carbonyl (C=O) groups excluding carboxylic acids is 3. The highest BCUT2D eigenvalue weighted by Crippen LogP contribution is 2.47. The number of carboxylic acid groups (broad SMARTS) is 1. The van der Waals surface area contributed by atoms with Crippen LogP contribution in [0.5, 0.6) is 0 Å². The van der Waals surface area contributed by atoms with E-state index in [-0.39, 0.29) is 42.0 Å². The van der Waals surface area contributed by atoms with Crippen molar-refractivity contribution in [2.45, 2.75) is 66.5 Å². The number of aliphatic hydroxyl groups is 1. The second-order valence-corrected chi connectivity index (χ2v) is 16.5. The fourth-order valence-corrected chi connectivity index (χ4v) is 8.25. The summed E-state index contributed by atoms with van der Waals surface area (Å²) < 4.78 is 4.01. The number of nitrogens with two attached hydrogens (primary N) is 1. The van der Waals surface area contributed by atoms with Crippen molar-refractivity contribution in [1.82, 2.24) is 19.1 Å². The lowest BCUT2D eigenvalue weighted by Gasteiger charge is -2.30. The third kappa shape index (κ3) is 9.53. The summed E-state index contributed by atoms with van der Waals surface area (Å²) in [6.45, 7) is 8.62. The lowest BCUT2D eigenvalue weighted by atomic mass is 9.76. The Labute approximate surface area is 349 Å². The topological polar surface area (TPSA) is 194 Å². The van der Waals surface area contributed by atoms with E-state index in [1.807, 2.05) is 89.5 Å². The Morgan fingerprint density at radius 3 is 1.45 bits per heavy atom. The molecule has 8 rings (SSSR count). The van der Waals surface area contributed by atoms with Gasteiger partial charge in [0.2, 0.25) is 5.91 Å². The molecule has 310 valence electrons. The van der Waals surface area contributed by atoms with Gasteiger partial charge < -0.3 is 35.7 Å². The summed E-state index contributed by atoms with van der Waals surface area (Å²) in [5.41, 5.74) is 15.5. The number of amides is 1. The number of benzene rings is 2. The highest BCUT2D eigenvalue weighted by atomic mass is 16.3. The van der Waals surface area contributed by atoms with Gasteiger partial charge in [0, 0.05) is 78.1 Å². The Balaban J connectivity index is 0.000000189. The van der Waals surface area contributed by atoms with Gasteiger partial charge in [-0.1, -0.05) is 64.1 Å². The molecule has 0 unspecified atom stereocenters. The van der Waals surface area contributed by atoms with Crippen LogP contribution in [-0.4, -0.2) is 59.9 Å². The zero-order chi connectivity index (χ0) is 43.0. The molecule has 13 nitrogen and oxygen atoms in total. The average Bonchev–Trinajstić information content (AvgIpc) is 3.66. The van der Waals surface area contributed by atoms with E-state index >= 15 is 0 Å². The predicted molar refractivity (Wildman–Crippen MR) is 233 cm³/mol. The van der Waals surface area contributed by atoms with E-state index in [1.165, 1.54) is 0 Å². The first kappa shape index (κ1) is 42.7. The highest BCUT2D eigenvalue weighted by molar-refractivity contribution is 6.09. The zero-order valence-corrected chi connectivity index (χ0v) is 34.3. The van der Waals surface area contributed by atoms with E-state index in [4.69, 9.17) is 15.6 Å². The fourth-order valence-electron chi connectivity index (χ4n) is 8.25. The summed E-state index contributed by atoms with van der Waals surface area (Å²) in [6, 6.07) is 27.2. The molecule has 1 amide bonds. The smallest absolute Gasteiger partial charge is 0.290 e. The molecular weight excluding hydrogens is 759 g/mol. The number of aliphatic hydroxyl groups excluding tert-OH is 1. The minimum Gasteiger partial charge on any atom is -0.483 e. The molecule has 0 bridgehead atoms. The lowest BCUT2D eigenvalue weighted by molar-refractivity contribution is -0.123. The Kier molecular flexibility index (Phi) is 13.1. The van der Waals surface area contributed by atoms with Crippen LogP contribution < -0.4 is 16.4 Å². The molecule has 2 aliphatic rings. The van der Waals surface area contributed by atoms with E-state index in [0.29, 0.717) is 31.4 Å². The molecule has 2 aromatic carbocycles. The third-order valence-electron chi connectivity index (χ3n) is 10.5. The first-order chi connectivity index (χ1) is 28.8. The summed E-state index contributed by atoms with van der Waals surface area (Å²) in [5, 5.41) is 23.6. The van der Waals surface area contributed by atoms with Gasteiger partial charge in [0.1, 0.15) is 6.54 Å². The first-order valence-corrected chi connectivity index (χ1v) is 19.8. The number of aromatic nitrogens is 4. The molecule has 60 heavy (non-hydrogen) atoms. The predicted octanol–water partition coefficient (Wildman–Crippen LogP) is 8.08. The van der Waals surface area contributed by atoms with Crippen LogP contribution in [-0.2, 0) is 35.5 Å². The highest BCUT2D eigenvalue weighted by Gasteiger charge is 2.39. The van der Waals surface area contributed by atoms with Crippen molar-refractivity contribution in [1.29, 1.82) is 0 Å². The van der Waals surface area contributed by atoms with Crippen LogP contribution in [0.1, 0.15) is 72.6 Å². The fraction of sp³-hybridized carbons (Fsp3) is 0.277. The van der Waals surface area contributed by atoms with Crippen molar-refractivity contribution in [3.8, 4) is 22.5 Å². The van der Waals surface area contributed by atoms with Crippen LogP contribution in [0.2, 0.25) is 0 Å². The molecule has 0 radical (unpaired) electrons. The molecule has 2 aliphatic carbocycles. The van der Waals surface area contributed by atoms with Gasteiger partial charge in [-0.05, 0) is 72.2 Å².